The zero-order valence-electron chi connectivity index (χ0n) is 11.1. The van der Waals surface area contributed by atoms with Crippen molar-refractivity contribution >= 4 is 17.9 Å². The van der Waals surface area contributed by atoms with Crippen LogP contribution < -0.4 is 0 Å². The quantitative estimate of drug-likeness (QED) is 0.796. The van der Waals surface area contributed by atoms with Crippen LogP contribution in [0.2, 0.25) is 5.02 Å². The molecule has 6 heteroatoms. The summed E-state index contributed by atoms with van der Waals surface area (Å²) in [4.78, 5) is 11.1. The van der Waals surface area contributed by atoms with Crippen molar-refractivity contribution in [2.45, 2.75) is 12.8 Å². The number of nitrogens with zero attached hydrogens (tertiary/aromatic N) is 2. The molecule has 2 rings (SSSR count). The number of rotatable bonds is 5. The molecule has 20 heavy (non-hydrogen) atoms. The summed E-state index contributed by atoms with van der Waals surface area (Å²) in [5, 5.41) is 4.38. The van der Waals surface area contributed by atoms with Crippen molar-refractivity contribution in [1.82, 2.24) is 9.78 Å². The smallest absolute Gasteiger partial charge is 0.153 e. The van der Waals surface area contributed by atoms with E-state index in [4.69, 9.17) is 16.3 Å². The summed E-state index contributed by atoms with van der Waals surface area (Å²) < 4.78 is 20.0. The predicted molar refractivity (Wildman–Crippen MR) is 74.2 cm³/mol. The van der Waals surface area contributed by atoms with Gasteiger partial charge in [-0.15, -0.1) is 0 Å². The molecule has 0 spiro atoms. The van der Waals surface area contributed by atoms with E-state index in [0.717, 1.165) is 6.29 Å². The fourth-order valence-corrected chi connectivity index (χ4v) is 2.08. The van der Waals surface area contributed by atoms with Gasteiger partial charge in [0.15, 0.2) is 6.29 Å². The van der Waals surface area contributed by atoms with Crippen LogP contribution in [-0.2, 0) is 4.74 Å². The van der Waals surface area contributed by atoms with Gasteiger partial charge in [-0.25, -0.2) is 9.07 Å². The molecule has 0 aliphatic heterocycles. The van der Waals surface area contributed by atoms with Crippen molar-refractivity contribution in [3.8, 4) is 5.69 Å². The van der Waals surface area contributed by atoms with Crippen LogP contribution in [0, 0.1) is 5.82 Å². The molecule has 0 radical (unpaired) electrons. The van der Waals surface area contributed by atoms with Crippen molar-refractivity contribution < 1.29 is 13.9 Å². The molecule has 0 fully saturated rings. The third-order valence-corrected chi connectivity index (χ3v) is 3.26. The minimum absolute atomic E-state index is 0.0291. The van der Waals surface area contributed by atoms with Gasteiger partial charge in [0.05, 0.1) is 28.6 Å². The van der Waals surface area contributed by atoms with Gasteiger partial charge in [0.1, 0.15) is 5.82 Å². The van der Waals surface area contributed by atoms with Crippen molar-refractivity contribution in [3.63, 3.8) is 0 Å². The SMILES string of the molecule is COCC(C)c1nn(-c2ccc(Cl)c(F)c2)cc1C=O. The molecule has 0 amide bonds. The lowest BCUT2D eigenvalue weighted by atomic mass is 10.1. The van der Waals surface area contributed by atoms with Gasteiger partial charge in [-0.2, -0.15) is 5.10 Å². The lowest BCUT2D eigenvalue weighted by Crippen LogP contribution is -2.06. The molecule has 106 valence electrons. The highest BCUT2D eigenvalue weighted by Gasteiger charge is 2.16. The van der Waals surface area contributed by atoms with Crippen LogP contribution in [0.5, 0.6) is 0 Å². The van der Waals surface area contributed by atoms with E-state index < -0.39 is 5.82 Å². The number of aromatic nitrogens is 2. The van der Waals surface area contributed by atoms with Gasteiger partial charge in [-0.05, 0) is 12.1 Å². The minimum atomic E-state index is -0.529. The Morgan fingerprint density at radius 1 is 1.55 bits per heavy atom. The number of halogens is 2. The first kappa shape index (κ1) is 14.7. The van der Waals surface area contributed by atoms with E-state index in [2.05, 4.69) is 5.10 Å². The lowest BCUT2D eigenvalue weighted by molar-refractivity contribution is 0.112. The summed E-state index contributed by atoms with van der Waals surface area (Å²) >= 11 is 5.65. The molecule has 0 N–H and O–H groups in total. The fraction of sp³-hybridized carbons (Fsp3) is 0.286. The minimum Gasteiger partial charge on any atom is -0.384 e. The summed E-state index contributed by atoms with van der Waals surface area (Å²) in [6.07, 6.45) is 2.30. The van der Waals surface area contributed by atoms with E-state index in [9.17, 15) is 9.18 Å². The number of carbonyl (C=O) groups excluding carboxylic acids is 1. The van der Waals surface area contributed by atoms with E-state index >= 15 is 0 Å². The zero-order chi connectivity index (χ0) is 14.7. The Bertz CT molecular complexity index is 628. The van der Waals surface area contributed by atoms with Crippen LogP contribution in [0.15, 0.2) is 24.4 Å². The molecule has 0 bridgehead atoms. The molecule has 0 aliphatic rings. The molecule has 2 aromatic rings. The molecule has 4 nitrogen and oxygen atoms in total. The Morgan fingerprint density at radius 2 is 2.30 bits per heavy atom. The van der Waals surface area contributed by atoms with Gasteiger partial charge in [-0.3, -0.25) is 4.79 Å². The molecular weight excluding hydrogens is 283 g/mol. The molecule has 1 heterocycles. The normalized spacial score (nSPS) is 12.4. The van der Waals surface area contributed by atoms with Crippen LogP contribution >= 0.6 is 11.6 Å². The number of methoxy groups -OCH3 is 1. The Balaban J connectivity index is 2.42. The summed E-state index contributed by atoms with van der Waals surface area (Å²) in [5.41, 5.74) is 1.59. The lowest BCUT2D eigenvalue weighted by Gasteiger charge is -2.07. The molecular formula is C14H14ClFN2O2. The Hall–Kier alpha value is -1.72. The molecule has 0 saturated heterocycles. The summed E-state index contributed by atoms with van der Waals surface area (Å²) in [5.74, 6) is -0.558. The van der Waals surface area contributed by atoms with Crippen LogP contribution in [0.3, 0.4) is 0 Å². The third-order valence-electron chi connectivity index (χ3n) is 2.95. The first-order valence-electron chi connectivity index (χ1n) is 6.06. The summed E-state index contributed by atoms with van der Waals surface area (Å²) in [6.45, 7) is 2.36. The highest BCUT2D eigenvalue weighted by atomic mass is 35.5. The third kappa shape index (κ3) is 2.89. The van der Waals surface area contributed by atoms with E-state index in [1.54, 1.807) is 19.4 Å². The van der Waals surface area contributed by atoms with Gasteiger partial charge < -0.3 is 4.74 Å². The van der Waals surface area contributed by atoms with Crippen LogP contribution in [0.1, 0.15) is 28.9 Å². The molecule has 0 saturated carbocycles. The van der Waals surface area contributed by atoms with E-state index in [-0.39, 0.29) is 10.9 Å². The average molecular weight is 297 g/mol. The topological polar surface area (TPSA) is 44.1 Å². The van der Waals surface area contributed by atoms with Crippen molar-refractivity contribution in [2.75, 3.05) is 13.7 Å². The van der Waals surface area contributed by atoms with Crippen LogP contribution in [0.4, 0.5) is 4.39 Å². The fourth-order valence-electron chi connectivity index (χ4n) is 1.96. The number of ether oxygens (including phenoxy) is 1. The second-order valence-electron chi connectivity index (χ2n) is 4.49. The van der Waals surface area contributed by atoms with Crippen LogP contribution in [0.25, 0.3) is 5.69 Å². The van der Waals surface area contributed by atoms with Crippen molar-refractivity contribution in [1.29, 1.82) is 0 Å². The van der Waals surface area contributed by atoms with Crippen molar-refractivity contribution in [2.24, 2.45) is 0 Å². The van der Waals surface area contributed by atoms with Crippen LogP contribution in [-0.4, -0.2) is 29.8 Å². The maximum Gasteiger partial charge on any atom is 0.153 e. The maximum atomic E-state index is 13.5. The Labute approximate surface area is 121 Å². The van der Waals surface area contributed by atoms with Crippen molar-refractivity contribution in [3.05, 3.63) is 46.5 Å². The Morgan fingerprint density at radius 3 is 2.90 bits per heavy atom. The zero-order valence-corrected chi connectivity index (χ0v) is 11.9. The molecule has 0 aliphatic carbocycles. The highest BCUT2D eigenvalue weighted by Crippen LogP contribution is 2.22. The van der Waals surface area contributed by atoms with Gasteiger partial charge in [0.2, 0.25) is 0 Å². The largest absolute Gasteiger partial charge is 0.384 e. The standard InChI is InChI=1S/C14H14ClFN2O2/c1-9(8-20-2)14-10(7-19)6-18(17-14)11-3-4-12(15)13(16)5-11/h3-7,9H,8H2,1-2H3. The average Bonchev–Trinajstić information content (AvgIpc) is 2.86. The second-order valence-corrected chi connectivity index (χ2v) is 4.89. The summed E-state index contributed by atoms with van der Waals surface area (Å²) in [6, 6.07) is 4.36. The summed E-state index contributed by atoms with van der Waals surface area (Å²) in [7, 11) is 1.59. The number of hydrogen-bond donors (Lipinski definition) is 0. The first-order chi connectivity index (χ1) is 9.56. The molecule has 1 unspecified atom stereocenters. The number of aldehydes is 1. The van der Waals surface area contributed by atoms with E-state index in [0.29, 0.717) is 23.6 Å². The molecule has 1 aromatic carbocycles. The Kier molecular flexibility index (Phi) is 4.52. The maximum absolute atomic E-state index is 13.5. The molecule has 1 aromatic heterocycles. The van der Waals surface area contributed by atoms with Gasteiger partial charge in [-0.1, -0.05) is 18.5 Å². The monoisotopic (exact) mass is 296 g/mol. The number of hydrogen-bond acceptors (Lipinski definition) is 3. The van der Waals surface area contributed by atoms with Gasteiger partial charge >= 0.3 is 0 Å². The van der Waals surface area contributed by atoms with Gasteiger partial charge in [0.25, 0.3) is 0 Å². The number of carbonyl (C=O) groups is 1. The first-order valence-corrected chi connectivity index (χ1v) is 6.43. The van der Waals surface area contributed by atoms with E-state index in [1.807, 2.05) is 6.92 Å². The second kappa shape index (κ2) is 6.15. The van der Waals surface area contributed by atoms with Gasteiger partial charge in [0, 0.05) is 25.3 Å². The predicted octanol–water partition coefficient (Wildman–Crippen LogP) is 3.23. The molecule has 1 atom stereocenters. The van der Waals surface area contributed by atoms with E-state index in [1.165, 1.54) is 16.8 Å². The highest BCUT2D eigenvalue weighted by molar-refractivity contribution is 6.30. The number of benzene rings is 1.